The van der Waals surface area contributed by atoms with Gasteiger partial charge in [-0.05, 0) is 43.1 Å². The Bertz CT molecular complexity index is 351. The van der Waals surface area contributed by atoms with Gasteiger partial charge in [0.25, 0.3) is 0 Å². The van der Waals surface area contributed by atoms with Crippen molar-refractivity contribution in [1.82, 2.24) is 0 Å². The van der Waals surface area contributed by atoms with Gasteiger partial charge >= 0.3 is 0 Å². The monoisotopic (exact) mass is 255 g/mol. The number of nitrogens with zero attached hydrogens (tertiary/aromatic N) is 1. The standard InChI is InChI=1S/C12H17NOS2/c1-4-15-12(16-5-1)7-10-11(8-14-13-10)3-2-9(12)6-11/h9H,1-8H2/t9-,11+/m1/s1. The number of oxime groups is 1. The largest absolute Gasteiger partial charge is 0.395 e. The Morgan fingerprint density at radius 2 is 2.19 bits per heavy atom. The normalized spacial score (nSPS) is 44.0. The highest BCUT2D eigenvalue weighted by Crippen LogP contribution is 2.64. The van der Waals surface area contributed by atoms with E-state index in [4.69, 9.17) is 4.84 Å². The molecule has 0 aromatic rings. The average molecular weight is 255 g/mol. The third-order valence-electron chi connectivity index (χ3n) is 4.75. The van der Waals surface area contributed by atoms with Gasteiger partial charge < -0.3 is 4.84 Å². The second-order valence-corrected chi connectivity index (χ2v) is 8.68. The molecule has 2 saturated carbocycles. The number of rotatable bonds is 0. The second-order valence-electron chi connectivity index (χ2n) is 5.57. The van der Waals surface area contributed by atoms with E-state index < -0.39 is 0 Å². The molecule has 4 rings (SSSR count). The second kappa shape index (κ2) is 3.35. The molecule has 1 saturated heterocycles. The van der Waals surface area contributed by atoms with Crippen molar-refractivity contribution in [2.24, 2.45) is 16.5 Å². The molecular weight excluding hydrogens is 238 g/mol. The van der Waals surface area contributed by atoms with E-state index in [0.29, 0.717) is 9.49 Å². The van der Waals surface area contributed by atoms with Gasteiger partial charge in [-0.25, -0.2) is 0 Å². The minimum Gasteiger partial charge on any atom is -0.395 e. The third kappa shape index (κ3) is 1.20. The molecule has 2 nitrogen and oxygen atoms in total. The molecule has 0 amide bonds. The van der Waals surface area contributed by atoms with Crippen LogP contribution in [0.15, 0.2) is 5.16 Å². The first kappa shape index (κ1) is 10.1. The molecule has 2 atom stereocenters. The molecule has 0 aromatic carbocycles. The van der Waals surface area contributed by atoms with Gasteiger partial charge in [0.05, 0.1) is 9.79 Å². The molecule has 0 aromatic heterocycles. The minimum absolute atomic E-state index is 0.383. The van der Waals surface area contributed by atoms with Crippen molar-refractivity contribution in [3.05, 3.63) is 0 Å². The minimum atomic E-state index is 0.383. The highest BCUT2D eigenvalue weighted by molar-refractivity contribution is 8.18. The first-order chi connectivity index (χ1) is 7.83. The number of thioether (sulfide) groups is 2. The van der Waals surface area contributed by atoms with Gasteiger partial charge in [0.1, 0.15) is 6.61 Å². The fraction of sp³-hybridized carbons (Fsp3) is 0.917. The van der Waals surface area contributed by atoms with Gasteiger partial charge in [0.2, 0.25) is 0 Å². The molecule has 4 heteroatoms. The van der Waals surface area contributed by atoms with E-state index in [1.807, 2.05) is 0 Å². The summed E-state index contributed by atoms with van der Waals surface area (Å²) in [4.78, 5) is 5.42. The van der Waals surface area contributed by atoms with Gasteiger partial charge in [-0.15, -0.1) is 23.5 Å². The van der Waals surface area contributed by atoms with Crippen molar-refractivity contribution < 1.29 is 4.84 Å². The molecule has 2 aliphatic carbocycles. The number of hydrogen-bond acceptors (Lipinski definition) is 4. The Morgan fingerprint density at radius 1 is 1.31 bits per heavy atom. The highest BCUT2D eigenvalue weighted by Gasteiger charge is 2.60. The van der Waals surface area contributed by atoms with E-state index in [-0.39, 0.29) is 0 Å². The molecule has 4 aliphatic rings. The summed E-state index contributed by atoms with van der Waals surface area (Å²) in [6, 6.07) is 0. The topological polar surface area (TPSA) is 21.6 Å². The lowest BCUT2D eigenvalue weighted by molar-refractivity contribution is 0.119. The van der Waals surface area contributed by atoms with E-state index in [1.54, 1.807) is 0 Å². The first-order valence-electron chi connectivity index (χ1n) is 6.30. The maximum atomic E-state index is 5.42. The zero-order valence-electron chi connectivity index (χ0n) is 9.41. The Labute approximate surface area is 105 Å². The van der Waals surface area contributed by atoms with E-state index >= 15 is 0 Å². The molecule has 2 aliphatic heterocycles. The van der Waals surface area contributed by atoms with Crippen LogP contribution in [-0.2, 0) is 4.84 Å². The van der Waals surface area contributed by atoms with Crippen molar-refractivity contribution >= 4 is 29.2 Å². The van der Waals surface area contributed by atoms with Crippen LogP contribution in [0.4, 0.5) is 0 Å². The molecule has 0 unspecified atom stereocenters. The fourth-order valence-electron chi connectivity index (χ4n) is 3.83. The lowest BCUT2D eigenvalue weighted by Gasteiger charge is -2.45. The van der Waals surface area contributed by atoms with Crippen molar-refractivity contribution in [2.75, 3.05) is 18.1 Å². The molecule has 2 spiro atoms. The van der Waals surface area contributed by atoms with E-state index in [2.05, 4.69) is 28.7 Å². The number of fused-ring (bicyclic) bond motifs is 2. The summed E-state index contributed by atoms with van der Waals surface area (Å²) in [6.45, 7) is 0.879. The molecule has 2 bridgehead atoms. The lowest BCUT2D eigenvalue weighted by Crippen LogP contribution is -2.44. The smallest absolute Gasteiger partial charge is 0.128 e. The highest BCUT2D eigenvalue weighted by atomic mass is 32.2. The summed E-state index contributed by atoms with van der Waals surface area (Å²) in [7, 11) is 0. The van der Waals surface area contributed by atoms with Crippen LogP contribution in [-0.4, -0.2) is 27.9 Å². The van der Waals surface area contributed by atoms with E-state index in [9.17, 15) is 0 Å². The summed E-state index contributed by atoms with van der Waals surface area (Å²) >= 11 is 4.44. The maximum Gasteiger partial charge on any atom is 0.128 e. The summed E-state index contributed by atoms with van der Waals surface area (Å²) in [5.74, 6) is 3.62. The van der Waals surface area contributed by atoms with Gasteiger partial charge in [0, 0.05) is 11.8 Å². The molecule has 88 valence electrons. The average Bonchev–Trinajstić information content (AvgIpc) is 2.89. The molecule has 16 heavy (non-hydrogen) atoms. The summed E-state index contributed by atoms with van der Waals surface area (Å²) in [5.41, 5.74) is 1.79. The van der Waals surface area contributed by atoms with Crippen LogP contribution < -0.4 is 0 Å². The number of hydrogen-bond donors (Lipinski definition) is 0. The summed E-state index contributed by atoms with van der Waals surface area (Å²) in [5, 5.41) is 4.37. The van der Waals surface area contributed by atoms with Gasteiger partial charge in [-0.2, -0.15) is 0 Å². The van der Waals surface area contributed by atoms with Crippen molar-refractivity contribution in [1.29, 1.82) is 0 Å². The van der Waals surface area contributed by atoms with Crippen LogP contribution in [0.2, 0.25) is 0 Å². The Morgan fingerprint density at radius 3 is 3.06 bits per heavy atom. The van der Waals surface area contributed by atoms with Gasteiger partial charge in [-0.3, -0.25) is 0 Å². The van der Waals surface area contributed by atoms with Crippen LogP contribution in [0.1, 0.15) is 32.1 Å². The molecule has 0 N–H and O–H groups in total. The maximum absolute atomic E-state index is 5.42. The Hall–Kier alpha value is 0.170. The van der Waals surface area contributed by atoms with E-state index in [1.165, 1.54) is 49.3 Å². The van der Waals surface area contributed by atoms with Crippen molar-refractivity contribution in [3.63, 3.8) is 0 Å². The summed E-state index contributed by atoms with van der Waals surface area (Å²) in [6.07, 6.45) is 6.68. The van der Waals surface area contributed by atoms with Gasteiger partial charge in [0.15, 0.2) is 0 Å². The predicted molar refractivity (Wildman–Crippen MR) is 70.0 cm³/mol. The Balaban J connectivity index is 1.71. The van der Waals surface area contributed by atoms with Crippen LogP contribution in [0, 0.1) is 11.3 Å². The lowest BCUT2D eigenvalue weighted by atomic mass is 9.74. The first-order valence-corrected chi connectivity index (χ1v) is 8.27. The van der Waals surface area contributed by atoms with Crippen LogP contribution in [0.5, 0.6) is 0 Å². The quantitative estimate of drug-likeness (QED) is 0.664. The van der Waals surface area contributed by atoms with Crippen molar-refractivity contribution in [2.45, 2.75) is 36.2 Å². The zero-order chi connectivity index (χ0) is 10.6. The Kier molecular flexibility index (Phi) is 2.12. The van der Waals surface area contributed by atoms with Crippen LogP contribution >= 0.6 is 23.5 Å². The molecule has 3 fully saturated rings. The predicted octanol–water partition coefficient (Wildman–Crippen LogP) is 3.13. The van der Waals surface area contributed by atoms with Crippen LogP contribution in [0.25, 0.3) is 0 Å². The molecular formula is C12H17NOS2. The van der Waals surface area contributed by atoms with Crippen molar-refractivity contribution in [3.8, 4) is 0 Å². The zero-order valence-corrected chi connectivity index (χ0v) is 11.0. The molecule has 2 heterocycles. The fourth-order valence-corrected chi connectivity index (χ4v) is 7.47. The SMILES string of the molecule is C1CSC2(CC3=NOC[C@@]34CC[C@@H]2C4)SC1. The molecule has 0 radical (unpaired) electrons. The summed E-state index contributed by atoms with van der Waals surface area (Å²) < 4.78 is 0.477. The van der Waals surface area contributed by atoms with Gasteiger partial charge in [-0.1, -0.05) is 5.16 Å². The van der Waals surface area contributed by atoms with Crippen LogP contribution in [0.3, 0.4) is 0 Å². The van der Waals surface area contributed by atoms with E-state index in [0.717, 1.165) is 12.5 Å². The third-order valence-corrected chi connectivity index (χ3v) is 8.38.